The summed E-state index contributed by atoms with van der Waals surface area (Å²) >= 11 is 0. The fourth-order valence-electron chi connectivity index (χ4n) is 2.85. The van der Waals surface area contributed by atoms with E-state index < -0.39 is 0 Å². The first-order chi connectivity index (χ1) is 8.74. The highest BCUT2D eigenvalue weighted by Gasteiger charge is 2.11. The van der Waals surface area contributed by atoms with Crippen molar-refractivity contribution < 1.29 is 0 Å². The summed E-state index contributed by atoms with van der Waals surface area (Å²) in [7, 11) is 0. The summed E-state index contributed by atoms with van der Waals surface area (Å²) in [4.78, 5) is 0. The van der Waals surface area contributed by atoms with Gasteiger partial charge in [0.2, 0.25) is 0 Å². The van der Waals surface area contributed by atoms with Gasteiger partial charge in [-0.1, -0.05) is 30.3 Å². The average molecular weight is 237 g/mol. The summed E-state index contributed by atoms with van der Waals surface area (Å²) in [6.07, 6.45) is 5.10. The number of aryl methyl sites for hydroxylation is 3. The second-order valence-electron chi connectivity index (χ2n) is 5.28. The topological polar surface area (TPSA) is 26.0 Å². The van der Waals surface area contributed by atoms with Crippen molar-refractivity contribution in [2.45, 2.75) is 32.6 Å². The minimum atomic E-state index is 0.880. The minimum absolute atomic E-state index is 0.880. The third-order valence-electron chi connectivity index (χ3n) is 3.87. The summed E-state index contributed by atoms with van der Waals surface area (Å²) in [5.41, 5.74) is 13.7. The molecule has 92 valence electrons. The van der Waals surface area contributed by atoms with Crippen molar-refractivity contribution >= 4 is 5.69 Å². The predicted octanol–water partition coefficient (Wildman–Crippen LogP) is 4.12. The van der Waals surface area contributed by atoms with E-state index in [4.69, 9.17) is 5.73 Å². The summed E-state index contributed by atoms with van der Waals surface area (Å²) < 4.78 is 0. The minimum Gasteiger partial charge on any atom is -0.398 e. The van der Waals surface area contributed by atoms with Crippen molar-refractivity contribution in [2.24, 2.45) is 0 Å². The lowest BCUT2D eigenvalue weighted by Crippen LogP contribution is -2.02. The summed E-state index contributed by atoms with van der Waals surface area (Å²) in [6, 6.07) is 13.1. The zero-order valence-electron chi connectivity index (χ0n) is 10.9. The number of hydrogen-bond acceptors (Lipinski definition) is 1. The zero-order chi connectivity index (χ0) is 12.5. The fourth-order valence-corrected chi connectivity index (χ4v) is 2.85. The third kappa shape index (κ3) is 2.01. The second kappa shape index (κ2) is 4.49. The van der Waals surface area contributed by atoms with Crippen molar-refractivity contribution in [3.63, 3.8) is 0 Å². The van der Waals surface area contributed by atoms with Crippen LogP contribution in [0.2, 0.25) is 0 Å². The van der Waals surface area contributed by atoms with Crippen LogP contribution >= 0.6 is 0 Å². The highest BCUT2D eigenvalue weighted by atomic mass is 14.6. The first-order valence-electron chi connectivity index (χ1n) is 6.72. The van der Waals surface area contributed by atoms with E-state index >= 15 is 0 Å². The lowest BCUT2D eigenvalue weighted by Gasteiger charge is -2.17. The molecule has 0 aliphatic heterocycles. The Morgan fingerprint density at radius 2 is 1.67 bits per heavy atom. The number of fused-ring (bicyclic) bond motifs is 1. The van der Waals surface area contributed by atoms with Gasteiger partial charge in [-0.25, -0.2) is 0 Å². The van der Waals surface area contributed by atoms with E-state index in [-0.39, 0.29) is 0 Å². The van der Waals surface area contributed by atoms with Crippen LogP contribution in [0.1, 0.15) is 29.5 Å². The Kier molecular flexibility index (Phi) is 2.83. The second-order valence-corrected chi connectivity index (χ2v) is 5.28. The zero-order valence-corrected chi connectivity index (χ0v) is 10.9. The lowest BCUT2D eigenvalue weighted by molar-refractivity contribution is 0.686. The molecule has 1 nitrogen and oxygen atoms in total. The Morgan fingerprint density at radius 1 is 0.889 bits per heavy atom. The van der Waals surface area contributed by atoms with Crippen LogP contribution < -0.4 is 5.73 Å². The van der Waals surface area contributed by atoms with Gasteiger partial charge < -0.3 is 5.73 Å². The SMILES string of the molecule is Cc1ccc(-c2ccc3c(c2)CCCC3)c(N)c1. The van der Waals surface area contributed by atoms with Crippen LogP contribution in [-0.4, -0.2) is 0 Å². The van der Waals surface area contributed by atoms with Gasteiger partial charge in [0.05, 0.1) is 0 Å². The van der Waals surface area contributed by atoms with Crippen LogP contribution in [-0.2, 0) is 12.8 Å². The van der Waals surface area contributed by atoms with Crippen LogP contribution in [0.4, 0.5) is 5.69 Å². The van der Waals surface area contributed by atoms with Gasteiger partial charge in [0.15, 0.2) is 0 Å². The van der Waals surface area contributed by atoms with Gasteiger partial charge >= 0.3 is 0 Å². The van der Waals surface area contributed by atoms with Crippen molar-refractivity contribution in [3.05, 3.63) is 53.1 Å². The summed E-state index contributed by atoms with van der Waals surface area (Å²) in [6.45, 7) is 2.08. The molecule has 0 radical (unpaired) electrons. The fraction of sp³-hybridized carbons (Fsp3) is 0.294. The maximum Gasteiger partial charge on any atom is 0.0396 e. The first-order valence-corrected chi connectivity index (χ1v) is 6.72. The van der Waals surface area contributed by atoms with Gasteiger partial charge in [0.1, 0.15) is 0 Å². The van der Waals surface area contributed by atoms with E-state index in [9.17, 15) is 0 Å². The van der Waals surface area contributed by atoms with Gasteiger partial charge in [-0.05, 0) is 60.9 Å². The van der Waals surface area contributed by atoms with E-state index in [0.717, 1.165) is 11.3 Å². The predicted molar refractivity (Wildman–Crippen MR) is 77.7 cm³/mol. The molecule has 2 aromatic carbocycles. The Balaban J connectivity index is 2.06. The molecule has 1 aliphatic rings. The molecule has 0 bridgehead atoms. The Morgan fingerprint density at radius 3 is 2.44 bits per heavy atom. The highest BCUT2D eigenvalue weighted by molar-refractivity contribution is 5.77. The van der Waals surface area contributed by atoms with Gasteiger partial charge in [-0.15, -0.1) is 0 Å². The van der Waals surface area contributed by atoms with E-state index in [1.54, 1.807) is 0 Å². The van der Waals surface area contributed by atoms with Crippen molar-refractivity contribution in [2.75, 3.05) is 5.73 Å². The molecular formula is C17H19N. The van der Waals surface area contributed by atoms with Gasteiger partial charge in [-0.3, -0.25) is 0 Å². The maximum absolute atomic E-state index is 6.13. The number of anilines is 1. The molecule has 0 amide bonds. The third-order valence-corrected chi connectivity index (χ3v) is 3.87. The molecule has 2 N–H and O–H groups in total. The van der Waals surface area contributed by atoms with Crippen molar-refractivity contribution in [3.8, 4) is 11.1 Å². The monoisotopic (exact) mass is 237 g/mol. The van der Waals surface area contributed by atoms with Crippen LogP contribution in [0, 0.1) is 6.92 Å². The molecule has 0 atom stereocenters. The quantitative estimate of drug-likeness (QED) is 0.742. The number of nitrogens with two attached hydrogens (primary N) is 1. The van der Waals surface area contributed by atoms with E-state index in [2.05, 4.69) is 43.3 Å². The molecule has 0 aromatic heterocycles. The standard InChI is InChI=1S/C17H19N/c1-12-6-9-16(17(18)10-12)15-8-7-13-4-2-3-5-14(13)11-15/h6-11H,2-5,18H2,1H3. The van der Waals surface area contributed by atoms with Crippen LogP contribution in [0.3, 0.4) is 0 Å². The number of rotatable bonds is 1. The molecule has 3 rings (SSSR count). The van der Waals surface area contributed by atoms with Crippen LogP contribution in [0.5, 0.6) is 0 Å². The molecule has 0 heterocycles. The lowest BCUT2D eigenvalue weighted by atomic mass is 9.89. The van der Waals surface area contributed by atoms with E-state index in [0.29, 0.717) is 0 Å². The summed E-state index contributed by atoms with van der Waals surface area (Å²) in [5, 5.41) is 0. The van der Waals surface area contributed by atoms with Gasteiger partial charge in [-0.2, -0.15) is 0 Å². The molecular weight excluding hydrogens is 218 g/mol. The van der Waals surface area contributed by atoms with Crippen LogP contribution in [0.15, 0.2) is 36.4 Å². The molecule has 0 saturated heterocycles. The maximum atomic E-state index is 6.13. The molecule has 0 unspecified atom stereocenters. The largest absolute Gasteiger partial charge is 0.398 e. The van der Waals surface area contributed by atoms with Gasteiger partial charge in [0, 0.05) is 11.3 Å². The van der Waals surface area contributed by atoms with E-state index in [1.807, 2.05) is 0 Å². The molecule has 2 aromatic rings. The van der Waals surface area contributed by atoms with Crippen LogP contribution in [0.25, 0.3) is 11.1 Å². The number of nitrogen functional groups attached to an aromatic ring is 1. The average Bonchev–Trinajstić information content (AvgIpc) is 2.38. The van der Waals surface area contributed by atoms with Crippen molar-refractivity contribution in [1.29, 1.82) is 0 Å². The number of benzene rings is 2. The smallest absolute Gasteiger partial charge is 0.0396 e. The Hall–Kier alpha value is -1.76. The molecule has 1 aliphatic carbocycles. The Labute approximate surface area is 109 Å². The molecule has 0 saturated carbocycles. The normalized spacial score (nSPS) is 14.3. The summed E-state index contributed by atoms with van der Waals surface area (Å²) in [5.74, 6) is 0. The molecule has 1 heteroatoms. The molecule has 18 heavy (non-hydrogen) atoms. The molecule has 0 spiro atoms. The Bertz CT molecular complexity index is 584. The number of hydrogen-bond donors (Lipinski definition) is 1. The van der Waals surface area contributed by atoms with Crippen molar-refractivity contribution in [1.82, 2.24) is 0 Å². The molecule has 0 fully saturated rings. The van der Waals surface area contributed by atoms with E-state index in [1.165, 1.54) is 47.9 Å². The van der Waals surface area contributed by atoms with Gasteiger partial charge in [0.25, 0.3) is 0 Å². The first kappa shape index (κ1) is 11.3. The highest BCUT2D eigenvalue weighted by Crippen LogP contribution is 2.30.